The number of amides is 2. The van der Waals surface area contributed by atoms with E-state index in [2.05, 4.69) is 20.7 Å². The van der Waals surface area contributed by atoms with Gasteiger partial charge in [0.15, 0.2) is 0 Å². The van der Waals surface area contributed by atoms with Crippen molar-refractivity contribution in [1.29, 1.82) is 0 Å². The number of carbonyl (C=O) groups is 2. The number of carbonyl (C=O) groups excluding carboxylic acids is 2. The second-order valence-corrected chi connectivity index (χ2v) is 11.9. The maximum Gasteiger partial charge on any atom is 0.249 e. The molecule has 1 aliphatic rings. The zero-order valence-electron chi connectivity index (χ0n) is 26.8. The zero-order valence-corrected chi connectivity index (χ0v) is 26.8. The van der Waals surface area contributed by atoms with E-state index in [0.29, 0.717) is 33.6 Å². The average Bonchev–Trinajstić information content (AvgIpc) is 3.75. The van der Waals surface area contributed by atoms with Crippen LogP contribution in [-0.4, -0.2) is 62.1 Å². The molecule has 0 aliphatic heterocycles. The molecule has 2 amide bonds. The third-order valence-electron chi connectivity index (χ3n) is 8.81. The Morgan fingerprint density at radius 2 is 1.52 bits per heavy atom. The van der Waals surface area contributed by atoms with E-state index < -0.39 is 6.04 Å². The molecular formula is C36H36N8O4. The predicted molar refractivity (Wildman–Crippen MR) is 181 cm³/mol. The maximum absolute atomic E-state index is 14.6. The number of methoxy groups -OCH3 is 2. The van der Waals surface area contributed by atoms with Crippen LogP contribution in [0.5, 0.6) is 11.5 Å². The molecule has 0 spiro atoms. The fraction of sp³-hybridized carbons (Fsp3) is 0.278. The Hall–Kier alpha value is -5.78. The van der Waals surface area contributed by atoms with Crippen LogP contribution in [0.1, 0.15) is 43.7 Å². The lowest BCUT2D eigenvalue weighted by Gasteiger charge is -2.33. The highest BCUT2D eigenvalue weighted by Crippen LogP contribution is 2.32. The van der Waals surface area contributed by atoms with Crippen LogP contribution in [0.15, 0.2) is 91.0 Å². The van der Waals surface area contributed by atoms with Gasteiger partial charge in [-0.25, -0.2) is 4.68 Å². The number of fused-ring (bicyclic) bond motifs is 2. The van der Waals surface area contributed by atoms with Gasteiger partial charge in [0.05, 0.1) is 25.4 Å². The first-order valence-electron chi connectivity index (χ1n) is 16.1. The zero-order chi connectivity index (χ0) is 33.0. The lowest BCUT2D eigenvalue weighted by atomic mass is 9.94. The molecule has 4 aromatic carbocycles. The number of nitrogens with zero attached hydrogens (tertiary/aromatic N) is 7. The maximum atomic E-state index is 14.6. The molecule has 12 heteroatoms. The normalized spacial score (nSPS) is 14.1. The predicted octanol–water partition coefficient (Wildman–Crippen LogP) is 5.41. The number of para-hydroxylation sites is 1. The number of hydrogen-bond donors (Lipinski definition) is 1. The molecule has 6 aromatic rings. The van der Waals surface area contributed by atoms with Gasteiger partial charge in [-0.2, -0.15) is 4.80 Å². The van der Waals surface area contributed by atoms with Gasteiger partial charge in [0.25, 0.3) is 0 Å². The number of anilines is 1. The standard InChI is InChI=1S/C36H36N8O4/c1-47-28-17-12-24(13-18-28)35(36(46)37-25-8-4-3-5-9-25)43(34(45)23-42-33-11-7-6-10-31(33)38-41-42)27-16-21-30-32(22-27)40-44(39-30)26-14-19-29(48-2)20-15-26/h6-7,10-22,25,35H,3-5,8-9,23H2,1-2H3,(H,37,46). The number of aromatic nitrogens is 6. The highest BCUT2D eigenvalue weighted by Gasteiger charge is 2.35. The number of rotatable bonds is 10. The van der Waals surface area contributed by atoms with Gasteiger partial charge in [-0.05, 0) is 85.1 Å². The SMILES string of the molecule is COc1ccc(C(C(=O)NC2CCCCC2)N(C(=O)Cn2nnc3ccccc32)c2ccc3nn(-c4ccc(OC)cc4)nc3c2)cc1. The highest BCUT2D eigenvalue weighted by atomic mass is 16.5. The van der Waals surface area contributed by atoms with Crippen LogP contribution in [0.3, 0.4) is 0 Å². The van der Waals surface area contributed by atoms with E-state index in [9.17, 15) is 9.59 Å². The minimum absolute atomic E-state index is 0.0371. The number of hydrogen-bond acceptors (Lipinski definition) is 8. The van der Waals surface area contributed by atoms with Crippen molar-refractivity contribution in [2.24, 2.45) is 0 Å². The molecule has 1 saturated carbocycles. The second kappa shape index (κ2) is 13.5. The lowest BCUT2D eigenvalue weighted by Crippen LogP contribution is -2.48. The van der Waals surface area contributed by atoms with E-state index in [1.807, 2.05) is 66.7 Å². The van der Waals surface area contributed by atoms with Gasteiger partial charge in [0.2, 0.25) is 11.8 Å². The Morgan fingerprint density at radius 1 is 0.833 bits per heavy atom. The van der Waals surface area contributed by atoms with Crippen LogP contribution in [0.4, 0.5) is 5.69 Å². The van der Waals surface area contributed by atoms with Crippen LogP contribution in [0.2, 0.25) is 0 Å². The summed E-state index contributed by atoms with van der Waals surface area (Å²) in [6.07, 6.45) is 5.07. The van der Waals surface area contributed by atoms with Crippen LogP contribution in [0.25, 0.3) is 27.8 Å². The summed E-state index contributed by atoms with van der Waals surface area (Å²) in [6, 6.07) is 26.6. The molecule has 1 N–H and O–H groups in total. The van der Waals surface area contributed by atoms with Crippen LogP contribution < -0.4 is 19.7 Å². The largest absolute Gasteiger partial charge is 0.497 e. The van der Waals surface area contributed by atoms with E-state index in [-0.39, 0.29) is 24.4 Å². The number of nitrogens with one attached hydrogen (secondary N) is 1. The van der Waals surface area contributed by atoms with Crippen molar-refractivity contribution in [3.63, 3.8) is 0 Å². The molecule has 1 fully saturated rings. The summed E-state index contributed by atoms with van der Waals surface area (Å²) in [5, 5.41) is 21.2. The second-order valence-electron chi connectivity index (χ2n) is 11.9. The molecule has 7 rings (SSSR count). The van der Waals surface area contributed by atoms with Gasteiger partial charge >= 0.3 is 0 Å². The molecule has 1 unspecified atom stereocenters. The summed E-state index contributed by atoms with van der Waals surface area (Å²) in [5.41, 5.74) is 4.49. The highest BCUT2D eigenvalue weighted by molar-refractivity contribution is 6.02. The summed E-state index contributed by atoms with van der Waals surface area (Å²) < 4.78 is 12.3. The average molecular weight is 645 g/mol. The topological polar surface area (TPSA) is 129 Å². The van der Waals surface area contributed by atoms with Crippen molar-refractivity contribution in [3.8, 4) is 17.2 Å². The smallest absolute Gasteiger partial charge is 0.249 e. The molecule has 0 saturated heterocycles. The summed E-state index contributed by atoms with van der Waals surface area (Å²) in [7, 11) is 3.21. The molecule has 0 radical (unpaired) electrons. The minimum atomic E-state index is -0.991. The number of ether oxygens (including phenoxy) is 2. The molecule has 244 valence electrons. The van der Waals surface area contributed by atoms with Gasteiger partial charge < -0.3 is 14.8 Å². The van der Waals surface area contributed by atoms with Crippen LogP contribution in [0, 0.1) is 0 Å². The summed E-state index contributed by atoms with van der Waals surface area (Å²) in [4.78, 5) is 32.1. The molecular weight excluding hydrogens is 608 g/mol. The fourth-order valence-electron chi connectivity index (χ4n) is 6.29. The van der Waals surface area contributed by atoms with E-state index in [1.165, 1.54) is 0 Å². The molecule has 12 nitrogen and oxygen atoms in total. The summed E-state index contributed by atoms with van der Waals surface area (Å²) >= 11 is 0. The minimum Gasteiger partial charge on any atom is -0.497 e. The lowest BCUT2D eigenvalue weighted by molar-refractivity contribution is -0.127. The Morgan fingerprint density at radius 3 is 2.25 bits per heavy atom. The van der Waals surface area contributed by atoms with Crippen molar-refractivity contribution in [2.75, 3.05) is 19.1 Å². The Labute approximate surface area is 277 Å². The molecule has 2 aromatic heterocycles. The van der Waals surface area contributed by atoms with Crippen molar-refractivity contribution in [1.82, 2.24) is 35.3 Å². The third kappa shape index (κ3) is 6.28. The molecule has 48 heavy (non-hydrogen) atoms. The quantitative estimate of drug-likeness (QED) is 0.210. The fourth-order valence-corrected chi connectivity index (χ4v) is 6.29. The van der Waals surface area contributed by atoms with Gasteiger partial charge in [-0.15, -0.1) is 15.3 Å². The van der Waals surface area contributed by atoms with Crippen molar-refractivity contribution in [2.45, 2.75) is 50.7 Å². The Balaban J connectivity index is 1.32. The Kier molecular flexibility index (Phi) is 8.69. The number of benzene rings is 4. The van der Waals surface area contributed by atoms with E-state index in [1.54, 1.807) is 52.9 Å². The van der Waals surface area contributed by atoms with E-state index in [0.717, 1.165) is 49.1 Å². The van der Waals surface area contributed by atoms with Gasteiger partial charge in [0, 0.05) is 11.7 Å². The monoisotopic (exact) mass is 644 g/mol. The third-order valence-corrected chi connectivity index (χ3v) is 8.81. The van der Waals surface area contributed by atoms with Crippen molar-refractivity contribution >= 4 is 39.6 Å². The molecule has 2 heterocycles. The first-order valence-corrected chi connectivity index (χ1v) is 16.1. The molecule has 1 atom stereocenters. The molecule has 1 aliphatic carbocycles. The van der Waals surface area contributed by atoms with Crippen LogP contribution >= 0.6 is 0 Å². The summed E-state index contributed by atoms with van der Waals surface area (Å²) in [6.45, 7) is -0.138. The Bertz CT molecular complexity index is 2050. The van der Waals surface area contributed by atoms with E-state index in [4.69, 9.17) is 14.6 Å². The van der Waals surface area contributed by atoms with Crippen molar-refractivity contribution < 1.29 is 19.1 Å². The van der Waals surface area contributed by atoms with Gasteiger partial charge in [-0.1, -0.05) is 48.7 Å². The molecule has 0 bridgehead atoms. The first kappa shape index (κ1) is 30.9. The first-order chi connectivity index (χ1) is 23.5. The van der Waals surface area contributed by atoms with Crippen LogP contribution in [-0.2, 0) is 16.1 Å². The van der Waals surface area contributed by atoms with Gasteiger partial charge in [0.1, 0.15) is 40.6 Å². The van der Waals surface area contributed by atoms with Crippen molar-refractivity contribution in [3.05, 3.63) is 96.6 Å². The van der Waals surface area contributed by atoms with E-state index >= 15 is 0 Å². The van der Waals surface area contributed by atoms with Gasteiger partial charge in [-0.3, -0.25) is 14.5 Å². The summed E-state index contributed by atoms with van der Waals surface area (Å²) in [5.74, 6) is 0.773.